The molecule has 5 nitrogen and oxygen atoms in total. The fourth-order valence-electron chi connectivity index (χ4n) is 3.90. The number of nitrogens with zero attached hydrogens (tertiary/aromatic N) is 1. The lowest BCUT2D eigenvalue weighted by Crippen LogP contribution is -2.54. The van der Waals surface area contributed by atoms with Gasteiger partial charge in [-0.2, -0.15) is 0 Å². The highest BCUT2D eigenvalue weighted by Gasteiger charge is 2.61. The van der Waals surface area contributed by atoms with Crippen LogP contribution in [0.4, 0.5) is 5.69 Å². The van der Waals surface area contributed by atoms with Gasteiger partial charge >= 0.3 is 0 Å². The molecular formula is C19H22N2O3. The number of amides is 3. The fraction of sp³-hybridized carbons (Fsp3) is 0.526. The number of benzene rings is 1. The molecule has 1 aromatic rings. The number of fused-ring (bicyclic) bond motifs is 2. The third-order valence-corrected chi connectivity index (χ3v) is 5.54. The summed E-state index contributed by atoms with van der Waals surface area (Å²) in [7, 11) is 0. The number of imide groups is 1. The van der Waals surface area contributed by atoms with Crippen molar-refractivity contribution in [2.75, 3.05) is 4.90 Å². The molecule has 2 heterocycles. The van der Waals surface area contributed by atoms with Gasteiger partial charge in [0.2, 0.25) is 17.7 Å². The molecule has 1 saturated carbocycles. The van der Waals surface area contributed by atoms with Crippen LogP contribution in [0.3, 0.4) is 0 Å². The third kappa shape index (κ3) is 2.03. The van der Waals surface area contributed by atoms with Crippen molar-refractivity contribution >= 4 is 23.4 Å². The maximum Gasteiger partial charge on any atom is 0.249 e. The Morgan fingerprint density at radius 1 is 1.17 bits per heavy atom. The van der Waals surface area contributed by atoms with Crippen LogP contribution in [-0.4, -0.2) is 23.8 Å². The summed E-state index contributed by atoms with van der Waals surface area (Å²) in [5.74, 6) is -0.589. The molecule has 1 N–H and O–H groups in total. The normalized spacial score (nSPS) is 25.0. The zero-order valence-corrected chi connectivity index (χ0v) is 14.3. The maximum absolute atomic E-state index is 13.1. The number of nitrogens with one attached hydrogen (secondary N) is 1. The van der Waals surface area contributed by atoms with Crippen LogP contribution in [0.15, 0.2) is 18.2 Å². The average Bonchev–Trinajstić information content (AvgIpc) is 3.26. The van der Waals surface area contributed by atoms with Gasteiger partial charge in [0.05, 0.1) is 5.41 Å². The first-order chi connectivity index (χ1) is 11.2. The molecule has 4 rings (SSSR count). The zero-order valence-electron chi connectivity index (χ0n) is 14.3. The van der Waals surface area contributed by atoms with Crippen LogP contribution in [-0.2, 0) is 25.2 Å². The highest BCUT2D eigenvalue weighted by atomic mass is 16.2. The van der Waals surface area contributed by atoms with Gasteiger partial charge in [-0.05, 0) is 41.9 Å². The van der Waals surface area contributed by atoms with Crippen LogP contribution in [0.5, 0.6) is 0 Å². The number of carbonyl (C=O) groups is 3. The first-order valence-electron chi connectivity index (χ1n) is 8.56. The summed E-state index contributed by atoms with van der Waals surface area (Å²) in [5, 5.41) is 2.37. The van der Waals surface area contributed by atoms with Crippen molar-refractivity contribution in [3.05, 3.63) is 29.3 Å². The summed E-state index contributed by atoms with van der Waals surface area (Å²) in [6.07, 6.45) is 2.36. The molecule has 3 amide bonds. The van der Waals surface area contributed by atoms with Crippen molar-refractivity contribution < 1.29 is 14.4 Å². The van der Waals surface area contributed by atoms with Crippen molar-refractivity contribution in [2.24, 2.45) is 0 Å². The lowest BCUT2D eigenvalue weighted by atomic mass is 9.84. The van der Waals surface area contributed by atoms with E-state index in [1.54, 1.807) is 4.90 Å². The summed E-state index contributed by atoms with van der Waals surface area (Å²) in [6.45, 7) is 6.47. The van der Waals surface area contributed by atoms with E-state index in [9.17, 15) is 14.4 Å². The van der Waals surface area contributed by atoms with Gasteiger partial charge in [0.1, 0.15) is 6.04 Å². The number of rotatable bonds is 1. The minimum atomic E-state index is -0.575. The monoisotopic (exact) mass is 326 g/mol. The van der Waals surface area contributed by atoms with Gasteiger partial charge in [0, 0.05) is 12.1 Å². The Hall–Kier alpha value is -2.17. The van der Waals surface area contributed by atoms with E-state index in [-0.39, 0.29) is 29.6 Å². The Labute approximate surface area is 141 Å². The molecular weight excluding hydrogens is 304 g/mol. The number of hydrogen-bond acceptors (Lipinski definition) is 3. The smallest absolute Gasteiger partial charge is 0.249 e. The Balaban J connectivity index is 1.79. The van der Waals surface area contributed by atoms with Gasteiger partial charge in [0.15, 0.2) is 0 Å². The summed E-state index contributed by atoms with van der Waals surface area (Å²) in [5.41, 5.74) is 2.68. The van der Waals surface area contributed by atoms with Crippen LogP contribution in [0, 0.1) is 0 Å². The molecule has 1 atom stereocenters. The second-order valence-corrected chi connectivity index (χ2v) is 8.21. The summed E-state index contributed by atoms with van der Waals surface area (Å²) >= 11 is 0. The predicted molar refractivity (Wildman–Crippen MR) is 89.7 cm³/mol. The van der Waals surface area contributed by atoms with E-state index in [1.165, 1.54) is 5.56 Å². The van der Waals surface area contributed by atoms with Crippen molar-refractivity contribution in [3.63, 3.8) is 0 Å². The first kappa shape index (κ1) is 15.4. The van der Waals surface area contributed by atoms with E-state index in [0.29, 0.717) is 6.42 Å². The number of piperidine rings is 1. The topological polar surface area (TPSA) is 66.5 Å². The highest BCUT2D eigenvalue weighted by Crippen LogP contribution is 2.58. The van der Waals surface area contributed by atoms with Gasteiger partial charge in [-0.15, -0.1) is 0 Å². The number of anilines is 1. The summed E-state index contributed by atoms with van der Waals surface area (Å²) in [6, 6.07) is 5.60. The van der Waals surface area contributed by atoms with E-state index in [4.69, 9.17) is 0 Å². The average molecular weight is 326 g/mol. The zero-order chi connectivity index (χ0) is 17.3. The first-order valence-corrected chi connectivity index (χ1v) is 8.56. The molecule has 1 aliphatic carbocycles. The lowest BCUT2D eigenvalue weighted by molar-refractivity contribution is -0.135. The number of hydrogen-bond donors (Lipinski definition) is 1. The summed E-state index contributed by atoms with van der Waals surface area (Å²) in [4.78, 5) is 38.4. The maximum atomic E-state index is 13.1. The molecule has 5 heteroatoms. The molecule has 2 fully saturated rings. The fourth-order valence-corrected chi connectivity index (χ4v) is 3.90. The van der Waals surface area contributed by atoms with Crippen LogP contribution in [0.25, 0.3) is 0 Å². The molecule has 0 aromatic heterocycles. The van der Waals surface area contributed by atoms with E-state index in [0.717, 1.165) is 24.1 Å². The number of carbonyl (C=O) groups excluding carboxylic acids is 3. The van der Waals surface area contributed by atoms with Crippen molar-refractivity contribution in [3.8, 4) is 0 Å². The van der Waals surface area contributed by atoms with Gasteiger partial charge < -0.3 is 0 Å². The van der Waals surface area contributed by atoms with E-state index in [2.05, 4.69) is 32.2 Å². The van der Waals surface area contributed by atoms with Crippen LogP contribution < -0.4 is 10.2 Å². The van der Waals surface area contributed by atoms with Gasteiger partial charge in [-0.3, -0.25) is 24.6 Å². The third-order valence-electron chi connectivity index (χ3n) is 5.54. The van der Waals surface area contributed by atoms with Gasteiger partial charge in [-0.25, -0.2) is 0 Å². The van der Waals surface area contributed by atoms with Crippen molar-refractivity contribution in [2.45, 2.75) is 63.3 Å². The molecule has 0 radical (unpaired) electrons. The minimum Gasteiger partial charge on any atom is -0.299 e. The molecule has 1 saturated heterocycles. The molecule has 3 aliphatic rings. The minimum absolute atomic E-state index is 0.0101. The van der Waals surface area contributed by atoms with E-state index >= 15 is 0 Å². The van der Waals surface area contributed by atoms with Crippen LogP contribution in [0.1, 0.15) is 57.6 Å². The predicted octanol–water partition coefficient (Wildman–Crippen LogP) is 2.17. The molecule has 1 spiro atoms. The van der Waals surface area contributed by atoms with Crippen molar-refractivity contribution in [1.29, 1.82) is 0 Å². The standard InChI is InChI=1S/C19H22N2O3/c1-18(2,3)11-4-5-13-12(10-11)19(8-9-19)17(24)21(13)14-6-7-15(22)20-16(14)23/h4-5,10,14H,6-9H2,1-3H3,(H,20,22,23). The Bertz CT molecular complexity index is 771. The Morgan fingerprint density at radius 3 is 2.46 bits per heavy atom. The van der Waals surface area contributed by atoms with E-state index in [1.807, 2.05) is 12.1 Å². The summed E-state index contributed by atoms with van der Waals surface area (Å²) < 4.78 is 0. The Kier molecular flexibility index (Phi) is 3.00. The van der Waals surface area contributed by atoms with E-state index < -0.39 is 11.5 Å². The Morgan fingerprint density at radius 2 is 1.88 bits per heavy atom. The highest BCUT2D eigenvalue weighted by molar-refractivity contribution is 6.15. The van der Waals surface area contributed by atoms with Crippen molar-refractivity contribution in [1.82, 2.24) is 5.32 Å². The van der Waals surface area contributed by atoms with Gasteiger partial charge in [-0.1, -0.05) is 32.9 Å². The van der Waals surface area contributed by atoms with Gasteiger partial charge in [0.25, 0.3) is 0 Å². The molecule has 1 unspecified atom stereocenters. The van der Waals surface area contributed by atoms with Crippen LogP contribution >= 0.6 is 0 Å². The largest absolute Gasteiger partial charge is 0.299 e. The second kappa shape index (κ2) is 4.68. The molecule has 0 bridgehead atoms. The van der Waals surface area contributed by atoms with Crippen LogP contribution in [0.2, 0.25) is 0 Å². The molecule has 1 aromatic carbocycles. The second-order valence-electron chi connectivity index (χ2n) is 8.21. The quantitative estimate of drug-likeness (QED) is 0.804. The molecule has 2 aliphatic heterocycles. The SMILES string of the molecule is CC(C)(C)c1ccc2c(c1)C1(CC1)C(=O)N2C1CCC(=O)NC1=O. The lowest BCUT2D eigenvalue weighted by Gasteiger charge is -2.30. The molecule has 126 valence electrons. The molecule has 24 heavy (non-hydrogen) atoms.